The van der Waals surface area contributed by atoms with Crippen molar-refractivity contribution in [1.29, 1.82) is 0 Å². The number of benzene rings is 1. The molecule has 2 N–H and O–H groups in total. The number of β-lactam (4-membered cyclic amide) rings is 1. The van der Waals surface area contributed by atoms with Gasteiger partial charge in [0, 0.05) is 4.75 Å². The number of nitrogens with zero attached hydrogens (tertiary/aromatic N) is 4. The summed E-state index contributed by atoms with van der Waals surface area (Å²) in [6.45, 7) is 3.65. The van der Waals surface area contributed by atoms with E-state index in [0.717, 1.165) is 0 Å². The Balaban J connectivity index is 1.58. The van der Waals surface area contributed by atoms with Gasteiger partial charge < -0.3 is 15.1 Å². The van der Waals surface area contributed by atoms with Crippen molar-refractivity contribution in [2.24, 2.45) is 0 Å². The number of carbonyl (C=O) groups excluding carboxylic acids is 1. The van der Waals surface area contributed by atoms with Crippen molar-refractivity contribution >= 4 is 23.6 Å². The van der Waals surface area contributed by atoms with E-state index in [1.165, 1.54) is 21.3 Å². The minimum atomic E-state index is -1.00. The van der Waals surface area contributed by atoms with Crippen LogP contribution in [0.25, 0.3) is 0 Å². The molecule has 0 aliphatic carbocycles. The fraction of sp³-hybridized carbons (Fsp3) is 0.412. The zero-order valence-corrected chi connectivity index (χ0v) is 15.0. The summed E-state index contributed by atoms with van der Waals surface area (Å²) in [6, 6.07) is 7.60. The Kier molecular flexibility index (Phi) is 3.81. The monoisotopic (exact) mass is 374 g/mol. The van der Waals surface area contributed by atoms with E-state index >= 15 is 0 Å². The van der Waals surface area contributed by atoms with Gasteiger partial charge in [0.25, 0.3) is 5.91 Å². The molecule has 9 heteroatoms. The smallest absolute Gasteiger partial charge is 0.327 e. The summed E-state index contributed by atoms with van der Waals surface area (Å²) in [5, 5.41) is 27.6. The zero-order valence-electron chi connectivity index (χ0n) is 14.2. The number of amides is 1. The first-order valence-corrected chi connectivity index (χ1v) is 9.07. The number of aliphatic hydroxyl groups excluding tert-OH is 1. The van der Waals surface area contributed by atoms with Gasteiger partial charge in [0.15, 0.2) is 6.04 Å². The minimum absolute atomic E-state index is 0.286. The van der Waals surface area contributed by atoms with Crippen molar-refractivity contribution in [2.45, 2.75) is 42.2 Å². The molecule has 0 saturated carbocycles. The average Bonchev–Trinajstić information content (AvgIpc) is 3.16. The van der Waals surface area contributed by atoms with Gasteiger partial charge in [0.2, 0.25) is 0 Å². The Hall–Kier alpha value is -2.39. The number of hydrogen-bond acceptors (Lipinski definition) is 6. The maximum Gasteiger partial charge on any atom is 0.327 e. The van der Waals surface area contributed by atoms with Gasteiger partial charge >= 0.3 is 5.97 Å². The number of carboxylic acids is 1. The molecule has 1 unspecified atom stereocenters. The van der Waals surface area contributed by atoms with Gasteiger partial charge in [-0.1, -0.05) is 35.5 Å². The van der Waals surface area contributed by atoms with Crippen molar-refractivity contribution < 1.29 is 19.8 Å². The van der Waals surface area contributed by atoms with Crippen molar-refractivity contribution in [3.63, 3.8) is 0 Å². The molecule has 1 aromatic carbocycles. The van der Waals surface area contributed by atoms with Crippen LogP contribution < -0.4 is 0 Å². The number of fused-ring (bicyclic) bond motifs is 1. The maximum absolute atomic E-state index is 12.6. The van der Waals surface area contributed by atoms with Crippen molar-refractivity contribution in [2.75, 3.05) is 0 Å². The summed E-state index contributed by atoms with van der Waals surface area (Å²) < 4.78 is 0.839. The predicted molar refractivity (Wildman–Crippen MR) is 93.3 cm³/mol. The van der Waals surface area contributed by atoms with E-state index in [4.69, 9.17) is 0 Å². The number of aliphatic hydroxyl groups is 1. The lowest BCUT2D eigenvalue weighted by Crippen LogP contribution is -2.62. The molecule has 4 rings (SSSR count). The lowest BCUT2D eigenvalue weighted by molar-refractivity contribution is -0.162. The van der Waals surface area contributed by atoms with Gasteiger partial charge in [-0.25, -0.2) is 9.48 Å². The summed E-state index contributed by atoms with van der Waals surface area (Å²) in [5.41, 5.74) is 1.03. The number of thioether (sulfide) groups is 1. The maximum atomic E-state index is 12.6. The van der Waals surface area contributed by atoms with Crippen LogP contribution in [0.15, 0.2) is 36.5 Å². The molecule has 0 radical (unpaired) electrons. The molecule has 1 amide bonds. The number of rotatable bonds is 4. The number of carbonyl (C=O) groups is 2. The Morgan fingerprint density at radius 3 is 2.65 bits per heavy atom. The second-order valence-corrected chi connectivity index (χ2v) is 8.75. The number of hydrogen-bond donors (Lipinski definition) is 2. The lowest BCUT2D eigenvalue weighted by Gasteiger charge is -2.42. The van der Waals surface area contributed by atoms with Gasteiger partial charge in [0.1, 0.15) is 23.2 Å². The van der Waals surface area contributed by atoms with Crippen LogP contribution in [-0.2, 0) is 9.59 Å². The Bertz CT molecular complexity index is 869. The molecule has 1 aromatic heterocycles. The Labute approximate surface area is 153 Å². The first-order chi connectivity index (χ1) is 12.3. The Morgan fingerprint density at radius 2 is 2.00 bits per heavy atom. The molecule has 4 atom stereocenters. The van der Waals surface area contributed by atoms with Crippen LogP contribution in [-0.4, -0.2) is 58.1 Å². The molecule has 2 saturated heterocycles. The second kappa shape index (κ2) is 5.82. The summed E-state index contributed by atoms with van der Waals surface area (Å²) in [7, 11) is 0. The van der Waals surface area contributed by atoms with Gasteiger partial charge in [-0.15, -0.1) is 16.9 Å². The largest absolute Gasteiger partial charge is 0.480 e. The highest BCUT2D eigenvalue weighted by Crippen LogP contribution is 2.54. The van der Waals surface area contributed by atoms with Crippen molar-refractivity contribution in [3.05, 3.63) is 47.8 Å². The van der Waals surface area contributed by atoms with E-state index in [-0.39, 0.29) is 11.3 Å². The van der Waals surface area contributed by atoms with E-state index in [1.807, 2.05) is 32.0 Å². The third-order valence-electron chi connectivity index (χ3n) is 4.86. The number of aromatic nitrogens is 3. The molecule has 3 heterocycles. The van der Waals surface area contributed by atoms with E-state index < -0.39 is 28.9 Å². The molecule has 2 aliphatic rings. The van der Waals surface area contributed by atoms with Crippen LogP contribution in [0.3, 0.4) is 0 Å². The molecule has 136 valence electrons. The quantitative estimate of drug-likeness (QED) is 0.770. The molecule has 0 spiro atoms. The topological polar surface area (TPSA) is 109 Å². The summed E-state index contributed by atoms with van der Waals surface area (Å²) in [4.78, 5) is 25.6. The molecule has 0 bridgehead atoms. The molecular weight excluding hydrogens is 356 g/mol. The molecule has 2 aromatic rings. The predicted octanol–water partition coefficient (Wildman–Crippen LogP) is 1.05. The molecule has 26 heavy (non-hydrogen) atoms. The van der Waals surface area contributed by atoms with Gasteiger partial charge in [-0.3, -0.25) is 4.79 Å². The minimum Gasteiger partial charge on any atom is -0.480 e. The molecular formula is C17H18N4O4S. The summed E-state index contributed by atoms with van der Waals surface area (Å²) in [5.74, 6) is -1.29. The summed E-state index contributed by atoms with van der Waals surface area (Å²) in [6.07, 6.45) is 0.620. The van der Waals surface area contributed by atoms with E-state index in [9.17, 15) is 19.8 Å². The van der Waals surface area contributed by atoms with Crippen LogP contribution >= 0.6 is 11.8 Å². The average molecular weight is 374 g/mol. The van der Waals surface area contributed by atoms with Gasteiger partial charge in [-0.05, 0) is 19.4 Å². The highest BCUT2D eigenvalue weighted by molar-refractivity contribution is 8.01. The van der Waals surface area contributed by atoms with E-state index in [1.54, 1.807) is 18.3 Å². The third kappa shape index (κ3) is 2.42. The number of carboxylic acid groups (broad SMARTS) is 1. The zero-order chi connectivity index (χ0) is 18.6. The van der Waals surface area contributed by atoms with Crippen LogP contribution in [0.5, 0.6) is 0 Å². The van der Waals surface area contributed by atoms with E-state index in [2.05, 4.69) is 10.3 Å². The third-order valence-corrected chi connectivity index (χ3v) is 6.41. The fourth-order valence-electron chi connectivity index (χ4n) is 3.59. The van der Waals surface area contributed by atoms with Crippen molar-refractivity contribution in [1.82, 2.24) is 19.9 Å². The van der Waals surface area contributed by atoms with E-state index in [0.29, 0.717) is 11.3 Å². The van der Waals surface area contributed by atoms with Gasteiger partial charge in [-0.2, -0.15) is 0 Å². The first kappa shape index (κ1) is 17.0. The second-order valence-electron chi connectivity index (χ2n) is 6.98. The number of aliphatic carboxylic acids is 1. The van der Waals surface area contributed by atoms with Crippen molar-refractivity contribution in [3.8, 4) is 0 Å². The van der Waals surface area contributed by atoms with Crippen LogP contribution in [0.4, 0.5) is 0 Å². The van der Waals surface area contributed by atoms with Gasteiger partial charge in [0.05, 0.1) is 6.20 Å². The summed E-state index contributed by atoms with van der Waals surface area (Å²) >= 11 is 1.45. The molecule has 2 aliphatic heterocycles. The van der Waals surface area contributed by atoms with Crippen LogP contribution in [0.1, 0.15) is 37.3 Å². The molecule has 2 fully saturated rings. The Morgan fingerprint density at radius 1 is 1.31 bits per heavy atom. The van der Waals surface area contributed by atoms with Crippen LogP contribution in [0, 0.1) is 0 Å². The lowest BCUT2D eigenvalue weighted by atomic mass is 9.96. The van der Waals surface area contributed by atoms with Crippen LogP contribution in [0.2, 0.25) is 0 Å². The molecule has 8 nitrogen and oxygen atoms in total. The highest BCUT2D eigenvalue weighted by Gasteiger charge is 2.64. The standard InChI is InChI=1S/C17H18N4O4S/c1-17(2)13(16(24)25)21-14(23)11(15(21)26-17)20-8-10(18-19-20)12(22)9-6-4-3-5-7-9/h3-8,11-13,15,22H,1-2H3,(H,24,25)/t11-,12?,13+,15-/m1/s1. The first-order valence-electron chi connectivity index (χ1n) is 8.19. The fourth-order valence-corrected chi connectivity index (χ4v) is 5.27. The highest BCUT2D eigenvalue weighted by atomic mass is 32.2. The normalized spacial score (nSPS) is 27.7. The SMILES string of the molecule is CC1(C)S[C@@H]2[C@H](n3cc(C(O)c4ccccc4)nn3)C(=O)N2[C@H]1C(=O)O.